The fraction of sp³-hybridized carbons (Fsp3) is 0.455. The molecular weight excluding hydrogens is 775 g/mol. The van der Waals surface area contributed by atoms with Crippen molar-refractivity contribution in [2.45, 2.75) is 118 Å². The molecule has 5 aliphatic rings. The van der Waals surface area contributed by atoms with Crippen LogP contribution in [0.2, 0.25) is 0 Å². The minimum absolute atomic E-state index is 0.00821. The lowest BCUT2D eigenvalue weighted by atomic mass is 9.94. The second-order valence-electron chi connectivity index (χ2n) is 16.6. The number of allylic oxidation sites excluding steroid dienone is 1. The molecule has 1 saturated heterocycles. The first-order valence-electron chi connectivity index (χ1n) is 20.6. The first-order valence-corrected chi connectivity index (χ1v) is 22.9. The smallest absolute Gasteiger partial charge is 0.408 e. The van der Waals surface area contributed by atoms with Crippen molar-refractivity contribution in [1.82, 2.24) is 25.2 Å². The highest BCUT2D eigenvalue weighted by molar-refractivity contribution is 7.92. The summed E-state index contributed by atoms with van der Waals surface area (Å²) in [6.07, 6.45) is 10.6. The minimum atomic E-state index is -4.26. The summed E-state index contributed by atoms with van der Waals surface area (Å²) in [5.74, 6) is -2.13. The molecule has 304 valence electrons. The van der Waals surface area contributed by atoms with E-state index in [1.807, 2.05) is 48.6 Å². The Morgan fingerprint density at radius 1 is 0.879 bits per heavy atom. The monoisotopic (exact) mass is 823 g/mol. The van der Waals surface area contributed by atoms with Gasteiger partial charge in [0.05, 0.1) is 0 Å². The molecule has 0 spiro atoms. The van der Waals surface area contributed by atoms with Gasteiger partial charge in [0, 0.05) is 36.3 Å². The fourth-order valence-electron chi connectivity index (χ4n) is 9.57. The number of fused-ring (bicyclic) bond motifs is 3. The van der Waals surface area contributed by atoms with Crippen molar-refractivity contribution in [3.63, 3.8) is 0 Å². The van der Waals surface area contributed by atoms with Crippen LogP contribution in [0.25, 0.3) is 20.9 Å². The summed E-state index contributed by atoms with van der Waals surface area (Å²) >= 11 is 1.07. The summed E-state index contributed by atoms with van der Waals surface area (Å²) in [7, 11) is -4.26. The third kappa shape index (κ3) is 7.61. The zero-order valence-corrected chi connectivity index (χ0v) is 34.0. The second-order valence-corrected chi connectivity index (χ2v) is 19.6. The highest BCUT2D eigenvalue weighted by Gasteiger charge is 2.62. The lowest BCUT2D eigenvalue weighted by molar-refractivity contribution is -0.141. The van der Waals surface area contributed by atoms with Crippen molar-refractivity contribution in [3.8, 4) is 0 Å². The van der Waals surface area contributed by atoms with Gasteiger partial charge in [0.1, 0.15) is 27.9 Å². The van der Waals surface area contributed by atoms with E-state index in [-0.39, 0.29) is 35.2 Å². The molecule has 3 aromatic carbocycles. The summed E-state index contributed by atoms with van der Waals surface area (Å²) in [5, 5.41) is 9.05. The quantitative estimate of drug-likeness (QED) is 0.192. The van der Waals surface area contributed by atoms with Crippen LogP contribution in [-0.4, -0.2) is 78.3 Å². The van der Waals surface area contributed by atoms with Crippen molar-refractivity contribution in [2.75, 3.05) is 6.54 Å². The molecule has 12 nitrogen and oxygen atoms in total. The molecule has 14 heteroatoms. The van der Waals surface area contributed by atoms with Crippen LogP contribution in [-0.2, 0) is 42.2 Å². The van der Waals surface area contributed by atoms with Gasteiger partial charge in [-0.15, -0.1) is 11.3 Å². The summed E-state index contributed by atoms with van der Waals surface area (Å²) in [5.41, 5.74) is 0.834. The third-order valence-corrected chi connectivity index (χ3v) is 15.7. The number of nitrogens with zero attached hydrogens (tertiary/aromatic N) is 2. The van der Waals surface area contributed by atoms with Gasteiger partial charge in [-0.3, -0.25) is 19.3 Å². The van der Waals surface area contributed by atoms with Gasteiger partial charge in [0.25, 0.3) is 15.9 Å². The van der Waals surface area contributed by atoms with Gasteiger partial charge in [-0.1, -0.05) is 79.6 Å². The predicted molar refractivity (Wildman–Crippen MR) is 221 cm³/mol. The summed E-state index contributed by atoms with van der Waals surface area (Å²) < 4.78 is 36.2. The number of nitrogens with one attached hydrogen (secondary N) is 3. The van der Waals surface area contributed by atoms with Gasteiger partial charge >= 0.3 is 6.09 Å². The van der Waals surface area contributed by atoms with Crippen molar-refractivity contribution >= 4 is 66.0 Å². The zero-order valence-electron chi connectivity index (χ0n) is 32.4. The van der Waals surface area contributed by atoms with E-state index >= 15 is 0 Å². The van der Waals surface area contributed by atoms with Crippen molar-refractivity contribution in [1.29, 1.82) is 0 Å². The Balaban J connectivity index is 1.01. The summed E-state index contributed by atoms with van der Waals surface area (Å²) in [4.78, 5) is 60.9. The number of amides is 4. The van der Waals surface area contributed by atoms with Crippen LogP contribution in [0.3, 0.4) is 0 Å². The Morgan fingerprint density at radius 2 is 1.60 bits per heavy atom. The normalized spacial score (nSPS) is 27.6. The van der Waals surface area contributed by atoms with E-state index in [9.17, 15) is 27.6 Å². The van der Waals surface area contributed by atoms with E-state index in [2.05, 4.69) is 44.5 Å². The molecule has 0 radical (unpaired) electrons. The first-order chi connectivity index (χ1) is 28.1. The van der Waals surface area contributed by atoms with Gasteiger partial charge in [0.2, 0.25) is 11.8 Å². The Bertz CT molecular complexity index is 2330. The number of thiophene rings is 1. The maximum absolute atomic E-state index is 14.8. The average molecular weight is 824 g/mol. The molecule has 4 unspecified atom stereocenters. The predicted octanol–water partition coefficient (Wildman–Crippen LogP) is 6.28. The lowest BCUT2D eigenvalue weighted by Gasteiger charge is -2.34. The van der Waals surface area contributed by atoms with E-state index in [1.54, 1.807) is 11.0 Å². The summed E-state index contributed by atoms with van der Waals surface area (Å²) in [6.45, 7) is 1.52. The van der Waals surface area contributed by atoms with E-state index in [0.717, 1.165) is 59.9 Å². The lowest BCUT2D eigenvalue weighted by Crippen LogP contribution is -2.58. The number of hydrogen-bond donors (Lipinski definition) is 3. The van der Waals surface area contributed by atoms with Crippen LogP contribution in [0, 0.1) is 5.92 Å². The molecule has 3 N–H and O–H groups in total. The summed E-state index contributed by atoms with van der Waals surface area (Å²) in [6, 6.07) is 19.3. The Hall–Kier alpha value is -4.79. The number of sulfonamides is 1. The molecule has 4 heterocycles. The highest BCUT2D eigenvalue weighted by Crippen LogP contribution is 2.46. The average Bonchev–Trinajstić information content (AvgIpc) is 3.65. The Labute approximate surface area is 342 Å². The number of hydrogen-bond acceptors (Lipinski definition) is 9. The standard InChI is InChI=1S/C44H49N5O7S2/c50-40-36-23-33(48-25-30-15-10-13-28-14-11-16-31(26-48)39(28)30)27-49(36)41(51)35(45-43(53)56-34-18-7-8-19-34)20-5-3-1-2-4-17-32-24-44(32,46-40)42(52)47-58(54,55)38-22-29-12-6-9-21-37(29)57-38/h4,6,9-17,21-22,32-36H,1-3,5,7-8,18-20,23-27H2,(H,45,53)(H,46,50)(H,47,52)/b17-4+/t32?,33-,35?,36?,44?/m1/s1. The molecule has 2 saturated carbocycles. The molecule has 3 fully saturated rings. The topological polar surface area (TPSA) is 154 Å². The first kappa shape index (κ1) is 38.7. The molecule has 3 aliphatic heterocycles. The molecule has 5 atom stereocenters. The van der Waals surface area contributed by atoms with Gasteiger partial charge < -0.3 is 20.3 Å². The second kappa shape index (κ2) is 15.8. The van der Waals surface area contributed by atoms with Gasteiger partial charge in [0.15, 0.2) is 0 Å². The highest BCUT2D eigenvalue weighted by atomic mass is 32.2. The van der Waals surface area contributed by atoms with E-state index in [4.69, 9.17) is 4.74 Å². The fourth-order valence-corrected chi connectivity index (χ4v) is 12.0. The van der Waals surface area contributed by atoms with Crippen molar-refractivity contribution < 1.29 is 32.3 Å². The maximum Gasteiger partial charge on any atom is 0.408 e. The number of ether oxygens (including phenoxy) is 1. The molecule has 2 aliphatic carbocycles. The van der Waals surface area contributed by atoms with Crippen LogP contribution >= 0.6 is 11.3 Å². The maximum atomic E-state index is 14.8. The van der Waals surface area contributed by atoms with Crippen LogP contribution in [0.1, 0.15) is 81.8 Å². The Morgan fingerprint density at radius 3 is 2.36 bits per heavy atom. The largest absolute Gasteiger partial charge is 0.446 e. The van der Waals surface area contributed by atoms with E-state index in [0.29, 0.717) is 38.8 Å². The number of alkyl carbamates (subject to hydrolysis) is 1. The molecule has 0 bridgehead atoms. The van der Waals surface area contributed by atoms with Crippen molar-refractivity contribution in [3.05, 3.63) is 90.0 Å². The SMILES string of the molecule is O=C(NC1CCCCC/C=C/C2CC2(C(=O)NS(=O)(=O)c2cc3ccccc3s2)NC(=O)C2C[C@@H](N3Cc4cccc5cccc(c45)C3)CN2C1=O)OC1CCCC1. The number of benzene rings is 3. The molecule has 4 aromatic rings. The Kier molecular flexibility index (Phi) is 10.5. The molecule has 58 heavy (non-hydrogen) atoms. The van der Waals surface area contributed by atoms with Crippen LogP contribution < -0.4 is 15.4 Å². The number of carbonyl (C=O) groups is 4. The molecular formula is C44H49N5O7S2. The number of rotatable bonds is 6. The molecule has 4 amide bonds. The molecule has 9 rings (SSSR count). The van der Waals surface area contributed by atoms with Crippen LogP contribution in [0.15, 0.2) is 83.1 Å². The van der Waals surface area contributed by atoms with Gasteiger partial charge in [-0.25, -0.2) is 17.9 Å². The van der Waals surface area contributed by atoms with Gasteiger partial charge in [-0.05, 0) is 97.2 Å². The third-order valence-electron chi connectivity index (χ3n) is 12.8. The minimum Gasteiger partial charge on any atom is -0.446 e. The number of carbonyl (C=O) groups excluding carboxylic acids is 4. The van der Waals surface area contributed by atoms with Crippen molar-refractivity contribution in [2.24, 2.45) is 5.92 Å². The van der Waals surface area contributed by atoms with Crippen LogP contribution in [0.4, 0.5) is 4.79 Å². The molecule has 1 aromatic heterocycles. The van der Waals surface area contributed by atoms with E-state index in [1.165, 1.54) is 21.9 Å². The van der Waals surface area contributed by atoms with E-state index < -0.39 is 51.5 Å². The van der Waals surface area contributed by atoms with Crippen LogP contribution in [0.5, 0.6) is 0 Å². The van der Waals surface area contributed by atoms with Gasteiger partial charge in [-0.2, -0.15) is 0 Å². The zero-order chi connectivity index (χ0) is 40.0.